The van der Waals surface area contributed by atoms with Gasteiger partial charge in [-0.2, -0.15) is 18.0 Å². The van der Waals surface area contributed by atoms with Gasteiger partial charge in [-0.1, -0.05) is 6.08 Å². The molecule has 0 bridgehead atoms. The molecule has 12 heavy (non-hydrogen) atoms. The summed E-state index contributed by atoms with van der Waals surface area (Å²) in [6.45, 7) is 0. The second-order valence-electron chi connectivity index (χ2n) is 2.29. The first-order valence-electron chi connectivity index (χ1n) is 3.20. The summed E-state index contributed by atoms with van der Waals surface area (Å²) in [7, 11) is 0. The second-order valence-corrected chi connectivity index (χ2v) is 2.29. The Morgan fingerprint density at radius 1 is 1.33 bits per heavy atom. The summed E-state index contributed by atoms with van der Waals surface area (Å²) >= 11 is 0. The number of allylic oxidation sites excluding steroid dienone is 4. The highest BCUT2D eigenvalue weighted by atomic mass is 19.4. The van der Waals surface area contributed by atoms with Gasteiger partial charge in [-0.25, -0.2) is 0 Å². The third kappa shape index (κ3) is 1.83. The van der Waals surface area contributed by atoms with E-state index in [1.54, 1.807) is 0 Å². The average molecular weight is 174 g/mol. The zero-order valence-electron chi connectivity index (χ0n) is 5.97. The van der Waals surface area contributed by atoms with Gasteiger partial charge in [0.25, 0.3) is 5.71 Å². The summed E-state index contributed by atoms with van der Waals surface area (Å²) in [6.07, 6.45) is -1.28. The maximum atomic E-state index is 12.0. The van der Waals surface area contributed by atoms with Gasteiger partial charge in [0, 0.05) is 6.08 Å². The van der Waals surface area contributed by atoms with E-state index >= 15 is 0 Å². The Kier molecular flexibility index (Phi) is 2.15. The minimum absolute atomic E-state index is 0.0157. The van der Waals surface area contributed by atoms with Crippen LogP contribution in [0.2, 0.25) is 0 Å². The van der Waals surface area contributed by atoms with Crippen LogP contribution in [0, 0.1) is 0 Å². The highest BCUT2D eigenvalue weighted by Crippen LogP contribution is 2.28. The van der Waals surface area contributed by atoms with E-state index in [1.165, 1.54) is 0 Å². The van der Waals surface area contributed by atoms with Gasteiger partial charge in [-0.15, -0.1) is 0 Å². The van der Waals surface area contributed by atoms with Crippen LogP contribution in [-0.4, -0.2) is 16.7 Å². The lowest BCUT2D eigenvalue weighted by Crippen LogP contribution is -2.13. The lowest BCUT2D eigenvalue weighted by molar-refractivity contribution is -0.0885. The van der Waals surface area contributed by atoms with Crippen molar-refractivity contribution in [1.29, 1.82) is 0 Å². The molecule has 2 nitrogen and oxygen atoms in total. The van der Waals surface area contributed by atoms with Crippen LogP contribution in [0.15, 0.2) is 23.8 Å². The van der Waals surface area contributed by atoms with Crippen LogP contribution in [0.5, 0.6) is 0 Å². The number of nitrogens with zero attached hydrogens (tertiary/aromatic N) is 2. The van der Waals surface area contributed by atoms with Gasteiger partial charge in [0.1, 0.15) is 0 Å². The van der Waals surface area contributed by atoms with Crippen molar-refractivity contribution in [3.63, 3.8) is 0 Å². The van der Waals surface area contributed by atoms with E-state index in [0.29, 0.717) is 0 Å². The highest BCUT2D eigenvalue weighted by molar-refractivity contribution is 5.93. The Hall–Kier alpha value is -1.35. The SMILES string of the molecule is [N-]=[N+]=C1C=CC(C(F)(F)F)=CC1. The molecule has 0 radical (unpaired) electrons. The fourth-order valence-corrected chi connectivity index (χ4v) is 0.821. The number of halogens is 3. The summed E-state index contributed by atoms with van der Waals surface area (Å²) in [5.41, 5.74) is 7.73. The smallest absolute Gasteiger partial charge is 0.361 e. The molecule has 1 aliphatic rings. The Morgan fingerprint density at radius 3 is 2.33 bits per heavy atom. The van der Waals surface area contributed by atoms with Crippen LogP contribution in [0.25, 0.3) is 5.53 Å². The van der Waals surface area contributed by atoms with Crippen molar-refractivity contribution < 1.29 is 18.0 Å². The molecular formula is C7H5F3N2. The quantitative estimate of drug-likeness (QED) is 0.398. The van der Waals surface area contributed by atoms with Gasteiger partial charge in [0.2, 0.25) is 0 Å². The van der Waals surface area contributed by atoms with Crippen LogP contribution in [0.3, 0.4) is 0 Å². The van der Waals surface area contributed by atoms with E-state index in [4.69, 9.17) is 5.53 Å². The molecule has 0 unspecified atom stereocenters. The predicted octanol–water partition coefficient (Wildman–Crippen LogP) is 2.11. The van der Waals surface area contributed by atoms with Gasteiger partial charge in [0.05, 0.1) is 12.0 Å². The molecule has 0 heterocycles. The molecule has 1 aliphatic carbocycles. The van der Waals surface area contributed by atoms with Crippen molar-refractivity contribution >= 4 is 5.71 Å². The minimum Gasteiger partial charge on any atom is -0.361 e. The summed E-state index contributed by atoms with van der Waals surface area (Å²) in [5, 5.41) is 0. The van der Waals surface area contributed by atoms with Gasteiger partial charge >= 0.3 is 6.18 Å². The number of hydrogen-bond acceptors (Lipinski definition) is 0. The van der Waals surface area contributed by atoms with E-state index in [0.717, 1.165) is 18.2 Å². The summed E-state index contributed by atoms with van der Waals surface area (Å²) in [4.78, 5) is 2.78. The van der Waals surface area contributed by atoms with Crippen LogP contribution in [-0.2, 0) is 0 Å². The molecular weight excluding hydrogens is 169 g/mol. The third-order valence-corrected chi connectivity index (χ3v) is 1.44. The van der Waals surface area contributed by atoms with Crippen molar-refractivity contribution in [1.82, 2.24) is 0 Å². The Labute approximate surface area is 66.6 Å². The topological polar surface area (TPSA) is 36.4 Å². The average Bonchev–Trinajstić information content (AvgIpc) is 2.03. The summed E-state index contributed by atoms with van der Waals surface area (Å²) in [6, 6.07) is 0. The molecule has 0 amide bonds. The van der Waals surface area contributed by atoms with Gasteiger partial charge < -0.3 is 5.53 Å². The largest absolute Gasteiger partial charge is 0.416 e. The number of rotatable bonds is 0. The molecule has 0 saturated carbocycles. The van der Waals surface area contributed by atoms with Crippen LogP contribution < -0.4 is 0 Å². The van der Waals surface area contributed by atoms with Gasteiger partial charge in [0.15, 0.2) is 0 Å². The highest BCUT2D eigenvalue weighted by Gasteiger charge is 2.33. The van der Waals surface area contributed by atoms with E-state index in [2.05, 4.69) is 4.79 Å². The van der Waals surface area contributed by atoms with Gasteiger partial charge in [-0.05, 0) is 6.08 Å². The molecule has 0 spiro atoms. The van der Waals surface area contributed by atoms with E-state index < -0.39 is 11.7 Å². The fourth-order valence-electron chi connectivity index (χ4n) is 0.821. The molecule has 0 aromatic carbocycles. The molecule has 0 saturated heterocycles. The summed E-state index contributed by atoms with van der Waals surface area (Å²) in [5.74, 6) is 0. The zero-order chi connectivity index (χ0) is 9.19. The van der Waals surface area contributed by atoms with Crippen molar-refractivity contribution in [2.75, 3.05) is 0 Å². The first-order valence-corrected chi connectivity index (χ1v) is 3.20. The normalized spacial score (nSPS) is 17.2. The maximum Gasteiger partial charge on any atom is 0.416 e. The van der Waals surface area contributed by atoms with Crippen LogP contribution in [0.4, 0.5) is 13.2 Å². The number of hydrogen-bond donors (Lipinski definition) is 0. The fraction of sp³-hybridized carbons (Fsp3) is 0.286. The predicted molar refractivity (Wildman–Crippen MR) is 36.5 cm³/mol. The van der Waals surface area contributed by atoms with Crippen LogP contribution in [0.1, 0.15) is 6.42 Å². The standard InChI is InChI=1S/C7H5F3N2/c8-7(9,10)5-1-3-6(12-11)4-2-5/h1-3H,4H2. The Balaban J connectivity index is 2.84. The molecule has 0 aromatic rings. The van der Waals surface area contributed by atoms with Gasteiger partial charge in [-0.3, -0.25) is 0 Å². The third-order valence-electron chi connectivity index (χ3n) is 1.44. The molecule has 0 atom stereocenters. The zero-order valence-corrected chi connectivity index (χ0v) is 5.97. The van der Waals surface area contributed by atoms with Crippen molar-refractivity contribution in [3.05, 3.63) is 29.3 Å². The number of alkyl halides is 3. The van der Waals surface area contributed by atoms with Crippen LogP contribution >= 0.6 is 0 Å². The monoisotopic (exact) mass is 174 g/mol. The van der Waals surface area contributed by atoms with E-state index in [-0.39, 0.29) is 12.1 Å². The molecule has 0 N–H and O–H groups in total. The molecule has 1 rings (SSSR count). The minimum atomic E-state index is -4.31. The van der Waals surface area contributed by atoms with Crippen molar-refractivity contribution in [3.8, 4) is 0 Å². The molecule has 0 aromatic heterocycles. The maximum absolute atomic E-state index is 12.0. The molecule has 0 fully saturated rings. The van der Waals surface area contributed by atoms with Crippen molar-refractivity contribution in [2.45, 2.75) is 12.6 Å². The van der Waals surface area contributed by atoms with E-state index in [1.807, 2.05) is 0 Å². The first kappa shape index (κ1) is 8.74. The first-order chi connectivity index (χ1) is 5.54. The lowest BCUT2D eigenvalue weighted by Gasteiger charge is -2.08. The molecule has 5 heteroatoms. The summed E-state index contributed by atoms with van der Waals surface area (Å²) < 4.78 is 35.9. The van der Waals surface area contributed by atoms with Crippen molar-refractivity contribution in [2.24, 2.45) is 0 Å². The lowest BCUT2D eigenvalue weighted by atomic mass is 10.1. The Morgan fingerprint density at radius 2 is 2.00 bits per heavy atom. The Bertz CT molecular complexity index is 292. The van der Waals surface area contributed by atoms with E-state index in [9.17, 15) is 13.2 Å². The molecule has 64 valence electrons. The molecule has 0 aliphatic heterocycles. The second kappa shape index (κ2) is 2.95.